The molecule has 0 radical (unpaired) electrons. The standard InChI is InChI=1S/C39H53ClN4O10S/c1-25(2)44(19-6-5-17-42-38(50)43-33(22-45)36(48)37(49)34(47)23-46)55(51,52)28-12-13-32(40)26(20-28)24-53-39(15-7-16-39)31-21-41-18-14-29(31)30-8-3-4-9-35(30)54-27-10-11-27/h3-4,8-9,12-14,18,20-21,25,27,33-34,36-37,45-49H,5-7,10-11,15-17,19,22-24H2,1-2H3,(H2,42,43,50)/t33-,34+,36+,37+/m0/s1. The smallest absolute Gasteiger partial charge is 0.315 e. The van der Waals surface area contributed by atoms with Crippen LogP contribution in [-0.4, -0.2) is 112 Å². The molecule has 0 saturated heterocycles. The van der Waals surface area contributed by atoms with E-state index < -0.39 is 59.2 Å². The molecule has 1 aromatic heterocycles. The van der Waals surface area contributed by atoms with Crippen molar-refractivity contribution >= 4 is 27.7 Å². The molecule has 4 atom stereocenters. The Hall–Kier alpha value is -3.38. The number of carbonyl (C=O) groups is 1. The molecule has 0 bridgehead atoms. The van der Waals surface area contributed by atoms with E-state index in [1.54, 1.807) is 32.2 Å². The molecule has 0 spiro atoms. The maximum atomic E-state index is 14.0. The topological polar surface area (TPSA) is 211 Å². The number of aromatic nitrogens is 1. The highest BCUT2D eigenvalue weighted by atomic mass is 35.5. The van der Waals surface area contributed by atoms with Crippen molar-refractivity contribution < 1.29 is 48.2 Å². The molecule has 2 aliphatic carbocycles. The van der Waals surface area contributed by atoms with Gasteiger partial charge in [0.25, 0.3) is 0 Å². The van der Waals surface area contributed by atoms with Gasteiger partial charge in [0, 0.05) is 47.7 Å². The summed E-state index contributed by atoms with van der Waals surface area (Å²) in [5.74, 6) is 0.825. The Labute approximate surface area is 327 Å². The van der Waals surface area contributed by atoms with E-state index >= 15 is 0 Å². The van der Waals surface area contributed by atoms with Gasteiger partial charge in [-0.25, -0.2) is 13.2 Å². The molecule has 2 fully saturated rings. The van der Waals surface area contributed by atoms with Crippen molar-refractivity contribution in [3.63, 3.8) is 0 Å². The molecule has 0 aliphatic heterocycles. The number of hydrogen-bond donors (Lipinski definition) is 7. The van der Waals surface area contributed by atoms with E-state index in [1.807, 2.05) is 36.5 Å². The first-order valence-electron chi connectivity index (χ1n) is 18.8. The van der Waals surface area contributed by atoms with Gasteiger partial charge in [0.15, 0.2) is 0 Å². The zero-order valence-corrected chi connectivity index (χ0v) is 32.8. The van der Waals surface area contributed by atoms with E-state index in [9.17, 15) is 33.6 Å². The van der Waals surface area contributed by atoms with Crippen LogP contribution in [0.15, 0.2) is 65.8 Å². The third-order valence-electron chi connectivity index (χ3n) is 10.1. The van der Waals surface area contributed by atoms with E-state index in [1.165, 1.54) is 10.4 Å². The minimum atomic E-state index is -3.96. The predicted molar refractivity (Wildman–Crippen MR) is 206 cm³/mol. The van der Waals surface area contributed by atoms with Crippen LogP contribution in [-0.2, 0) is 27.0 Å². The second-order valence-corrected chi connectivity index (χ2v) is 16.8. The highest BCUT2D eigenvalue weighted by molar-refractivity contribution is 7.89. The van der Waals surface area contributed by atoms with Gasteiger partial charge in [0.2, 0.25) is 10.0 Å². The Morgan fingerprint density at radius 1 is 1.02 bits per heavy atom. The van der Waals surface area contributed by atoms with Gasteiger partial charge in [-0.3, -0.25) is 4.98 Å². The average Bonchev–Trinajstić information content (AvgIpc) is 3.98. The number of aliphatic hydroxyl groups is 5. The lowest BCUT2D eigenvalue weighted by Gasteiger charge is -2.43. The van der Waals surface area contributed by atoms with Gasteiger partial charge >= 0.3 is 6.03 Å². The van der Waals surface area contributed by atoms with Crippen LogP contribution in [0, 0.1) is 0 Å². The fourth-order valence-electron chi connectivity index (χ4n) is 6.60. The molecule has 2 amide bonds. The fraction of sp³-hybridized carbons (Fsp3) is 0.538. The lowest BCUT2D eigenvalue weighted by atomic mass is 9.73. The van der Waals surface area contributed by atoms with E-state index in [0.717, 1.165) is 54.5 Å². The number of amides is 2. The number of aliphatic hydroxyl groups excluding tert-OH is 5. The first kappa shape index (κ1) is 42.8. The summed E-state index contributed by atoms with van der Waals surface area (Å²) in [7, 11) is -3.96. The monoisotopic (exact) mass is 804 g/mol. The summed E-state index contributed by atoms with van der Waals surface area (Å²) in [5.41, 5.74) is 2.82. The van der Waals surface area contributed by atoms with Gasteiger partial charge < -0.3 is 45.6 Å². The van der Waals surface area contributed by atoms with Crippen LogP contribution < -0.4 is 15.4 Å². The predicted octanol–water partition coefficient (Wildman–Crippen LogP) is 3.45. The molecule has 2 aliphatic rings. The number of unbranched alkanes of at least 4 members (excludes halogenated alkanes) is 1. The van der Waals surface area contributed by atoms with Gasteiger partial charge in [0.1, 0.15) is 24.1 Å². The van der Waals surface area contributed by atoms with Crippen molar-refractivity contribution in [2.45, 2.75) is 112 Å². The summed E-state index contributed by atoms with van der Waals surface area (Å²) in [6, 6.07) is 12.2. The number of rotatable bonds is 21. The fourth-order valence-corrected chi connectivity index (χ4v) is 8.49. The second-order valence-electron chi connectivity index (χ2n) is 14.5. The van der Waals surface area contributed by atoms with Crippen molar-refractivity contribution in [1.29, 1.82) is 0 Å². The Balaban J connectivity index is 1.21. The molecule has 5 rings (SSSR count). The molecule has 0 unspecified atom stereocenters. The van der Waals surface area contributed by atoms with Crippen LogP contribution in [0.4, 0.5) is 4.79 Å². The largest absolute Gasteiger partial charge is 0.490 e. The quantitative estimate of drug-likeness (QED) is 0.0776. The molecule has 2 aromatic carbocycles. The number of para-hydroxylation sites is 1. The zero-order chi connectivity index (χ0) is 39.8. The van der Waals surface area contributed by atoms with Crippen molar-refractivity contribution in [3.05, 3.63) is 77.1 Å². The SMILES string of the molecule is CC(C)N(CCCCNC(=O)N[C@@H](CO)[C@@H](O)[C@H](O)[C@H](O)CO)S(=O)(=O)c1ccc(Cl)c(COC2(c3cnccc3-c3ccccc3OC3CC3)CCC2)c1. The number of carbonyl (C=O) groups excluding carboxylic acids is 1. The second kappa shape index (κ2) is 19.2. The molecule has 16 heteroatoms. The maximum absolute atomic E-state index is 14.0. The van der Waals surface area contributed by atoms with Crippen molar-refractivity contribution in [2.24, 2.45) is 0 Å². The zero-order valence-electron chi connectivity index (χ0n) is 31.2. The molecule has 14 nitrogen and oxygen atoms in total. The number of nitrogens with one attached hydrogen (secondary N) is 2. The average molecular weight is 805 g/mol. The van der Waals surface area contributed by atoms with E-state index in [-0.39, 0.29) is 36.7 Å². The molecule has 1 heterocycles. The molecular formula is C39H53ClN4O10S. The third-order valence-corrected chi connectivity index (χ3v) is 12.6. The number of pyridine rings is 1. The Kier molecular flexibility index (Phi) is 14.9. The number of ether oxygens (including phenoxy) is 2. The van der Waals surface area contributed by atoms with Crippen LogP contribution in [0.1, 0.15) is 69.9 Å². The number of nitrogens with zero attached hydrogens (tertiary/aromatic N) is 2. The first-order valence-corrected chi connectivity index (χ1v) is 20.6. The summed E-state index contributed by atoms with van der Waals surface area (Å²) in [6.07, 6.45) is 4.05. The Bertz CT molecular complexity index is 1840. The summed E-state index contributed by atoms with van der Waals surface area (Å²) < 4.78 is 42.3. The number of benzene rings is 2. The summed E-state index contributed by atoms with van der Waals surface area (Å²) in [6.45, 7) is 2.41. The molecule has 2 saturated carbocycles. The lowest BCUT2D eigenvalue weighted by Crippen LogP contribution is -2.56. The van der Waals surface area contributed by atoms with Crippen LogP contribution in [0.3, 0.4) is 0 Å². The molecule has 302 valence electrons. The summed E-state index contributed by atoms with van der Waals surface area (Å²) in [4.78, 5) is 16.9. The first-order chi connectivity index (χ1) is 26.3. The molecular weight excluding hydrogens is 752 g/mol. The highest BCUT2D eigenvalue weighted by Gasteiger charge is 2.42. The summed E-state index contributed by atoms with van der Waals surface area (Å²) >= 11 is 6.65. The van der Waals surface area contributed by atoms with Gasteiger partial charge in [-0.15, -0.1) is 0 Å². The lowest BCUT2D eigenvalue weighted by molar-refractivity contribution is -0.116. The normalized spacial score (nSPS) is 17.6. The van der Waals surface area contributed by atoms with Gasteiger partial charge in [0.05, 0.1) is 42.5 Å². The van der Waals surface area contributed by atoms with Gasteiger partial charge in [-0.2, -0.15) is 4.31 Å². The molecule has 3 aromatic rings. The van der Waals surface area contributed by atoms with Crippen molar-refractivity contribution in [2.75, 3.05) is 26.3 Å². The molecule has 7 N–H and O–H groups in total. The highest BCUT2D eigenvalue weighted by Crippen LogP contribution is 2.50. The number of halogens is 1. The van der Waals surface area contributed by atoms with Crippen LogP contribution in [0.25, 0.3) is 11.1 Å². The Morgan fingerprint density at radius 2 is 1.76 bits per heavy atom. The number of hydrogen-bond acceptors (Lipinski definition) is 11. The minimum absolute atomic E-state index is 0.0830. The van der Waals surface area contributed by atoms with Gasteiger partial charge in [-0.05, 0) is 100 Å². The van der Waals surface area contributed by atoms with E-state index in [2.05, 4.69) is 15.6 Å². The van der Waals surface area contributed by atoms with E-state index in [4.69, 9.17) is 26.2 Å². The van der Waals surface area contributed by atoms with Crippen LogP contribution in [0.2, 0.25) is 5.02 Å². The van der Waals surface area contributed by atoms with Crippen LogP contribution in [0.5, 0.6) is 5.75 Å². The number of urea groups is 1. The third kappa shape index (κ3) is 10.5. The maximum Gasteiger partial charge on any atom is 0.315 e. The Morgan fingerprint density at radius 3 is 2.42 bits per heavy atom. The number of sulfonamides is 1. The van der Waals surface area contributed by atoms with Crippen LogP contribution >= 0.6 is 11.6 Å². The molecule has 55 heavy (non-hydrogen) atoms. The van der Waals surface area contributed by atoms with Crippen molar-refractivity contribution in [1.82, 2.24) is 19.9 Å². The van der Waals surface area contributed by atoms with Gasteiger partial charge in [-0.1, -0.05) is 29.8 Å². The summed E-state index contributed by atoms with van der Waals surface area (Å²) in [5, 5.41) is 53.4. The van der Waals surface area contributed by atoms with E-state index in [0.29, 0.717) is 23.4 Å². The van der Waals surface area contributed by atoms with Crippen molar-refractivity contribution in [3.8, 4) is 16.9 Å². The minimum Gasteiger partial charge on any atom is -0.490 e.